The van der Waals surface area contributed by atoms with Gasteiger partial charge in [-0.3, -0.25) is 4.90 Å². The van der Waals surface area contributed by atoms with Crippen molar-refractivity contribution in [1.29, 1.82) is 0 Å². The van der Waals surface area contributed by atoms with Crippen LogP contribution in [0.3, 0.4) is 0 Å². The molecule has 1 fully saturated rings. The maximum Gasteiger partial charge on any atom is 0.137 e. The van der Waals surface area contributed by atoms with Gasteiger partial charge in [-0.25, -0.2) is 0 Å². The first kappa shape index (κ1) is 21.3. The van der Waals surface area contributed by atoms with Crippen molar-refractivity contribution in [3.63, 3.8) is 0 Å². The number of β-amino-alcohol motifs (C(OH)–C–C–N with tert-alkyl or cyclic N) is 1. The van der Waals surface area contributed by atoms with Crippen LogP contribution >= 0.6 is 11.3 Å². The molecule has 1 saturated heterocycles. The maximum absolute atomic E-state index is 10.6. The molecule has 0 amide bonds. The molecule has 1 aliphatic heterocycles. The van der Waals surface area contributed by atoms with Gasteiger partial charge in [-0.2, -0.15) is 0 Å². The van der Waals surface area contributed by atoms with E-state index in [1.807, 2.05) is 41.7 Å². The topological polar surface area (TPSA) is 55.1 Å². The molecule has 168 valence electrons. The first-order chi connectivity index (χ1) is 15.6. The van der Waals surface area contributed by atoms with Crippen LogP contribution in [0.4, 0.5) is 0 Å². The van der Waals surface area contributed by atoms with Crippen molar-refractivity contribution in [1.82, 2.24) is 4.90 Å². The van der Waals surface area contributed by atoms with E-state index in [1.54, 1.807) is 13.4 Å². The summed E-state index contributed by atoms with van der Waals surface area (Å²) in [5, 5.41) is 12.9. The molecular weight excluding hydrogens is 422 g/mol. The van der Waals surface area contributed by atoms with E-state index in [1.165, 1.54) is 15.0 Å². The predicted molar refractivity (Wildman–Crippen MR) is 129 cm³/mol. The van der Waals surface area contributed by atoms with Crippen LogP contribution in [0.5, 0.6) is 11.5 Å². The Labute approximate surface area is 192 Å². The Morgan fingerprint density at radius 1 is 1.22 bits per heavy atom. The molecule has 0 aliphatic carbocycles. The second kappa shape index (κ2) is 9.14. The van der Waals surface area contributed by atoms with Crippen molar-refractivity contribution in [2.45, 2.75) is 37.8 Å². The smallest absolute Gasteiger partial charge is 0.137 e. The van der Waals surface area contributed by atoms with Crippen LogP contribution in [0.1, 0.15) is 30.6 Å². The lowest BCUT2D eigenvalue weighted by Gasteiger charge is -2.38. The van der Waals surface area contributed by atoms with Crippen LogP contribution in [0.2, 0.25) is 0 Å². The predicted octanol–water partition coefficient (Wildman–Crippen LogP) is 5.66. The number of methoxy groups -OCH3 is 1. The number of fused-ring (bicyclic) bond motifs is 2. The minimum atomic E-state index is -0.534. The van der Waals surface area contributed by atoms with E-state index in [2.05, 4.69) is 30.0 Å². The molecule has 5 nitrogen and oxygen atoms in total. The molecule has 5 rings (SSSR count). The molecule has 32 heavy (non-hydrogen) atoms. The Balaban J connectivity index is 1.17. The Morgan fingerprint density at radius 3 is 2.97 bits per heavy atom. The highest BCUT2D eigenvalue weighted by Crippen LogP contribution is 2.39. The van der Waals surface area contributed by atoms with Gasteiger partial charge in [-0.05, 0) is 80.1 Å². The number of piperidine rings is 1. The van der Waals surface area contributed by atoms with E-state index in [0.717, 1.165) is 41.9 Å². The molecular formula is C26H29NO4S. The van der Waals surface area contributed by atoms with E-state index in [0.29, 0.717) is 18.5 Å². The zero-order chi connectivity index (χ0) is 22.1. The van der Waals surface area contributed by atoms with Gasteiger partial charge in [-0.1, -0.05) is 6.07 Å². The summed E-state index contributed by atoms with van der Waals surface area (Å²) in [5.41, 5.74) is 0.798. The number of rotatable bonds is 7. The third-order valence-corrected chi connectivity index (χ3v) is 7.76. The number of benzene rings is 2. The van der Waals surface area contributed by atoms with Crippen molar-refractivity contribution in [3.05, 3.63) is 59.7 Å². The molecule has 2 aromatic carbocycles. The highest BCUT2D eigenvalue weighted by molar-refractivity contribution is 7.19. The number of thiophene rings is 1. The fourth-order valence-electron chi connectivity index (χ4n) is 4.71. The molecule has 3 atom stereocenters. The Morgan fingerprint density at radius 2 is 2.12 bits per heavy atom. The lowest BCUT2D eigenvalue weighted by atomic mass is 9.90. The SMILES string of the molecule is COc1ccc2cc([C@@H]3CCN(C[C@H](O)COc4cccc5occc45)[C@@H](C)C3)sc2c1. The monoisotopic (exact) mass is 451 g/mol. The van der Waals surface area contributed by atoms with Gasteiger partial charge in [0, 0.05) is 22.2 Å². The van der Waals surface area contributed by atoms with E-state index in [4.69, 9.17) is 13.9 Å². The third-order valence-electron chi connectivity index (χ3n) is 6.49. The molecule has 1 N–H and O–H groups in total. The summed E-state index contributed by atoms with van der Waals surface area (Å²) in [6.07, 6.45) is 3.34. The summed E-state index contributed by atoms with van der Waals surface area (Å²) in [7, 11) is 1.71. The lowest BCUT2D eigenvalue weighted by Crippen LogP contribution is -2.45. The second-order valence-corrected chi connectivity index (χ2v) is 9.79. The summed E-state index contributed by atoms with van der Waals surface area (Å²) in [4.78, 5) is 3.84. The maximum atomic E-state index is 10.6. The van der Waals surface area contributed by atoms with Crippen LogP contribution in [0.15, 0.2) is 59.2 Å². The number of hydrogen-bond donors (Lipinski definition) is 1. The summed E-state index contributed by atoms with van der Waals surface area (Å²) < 4.78 is 18.0. The van der Waals surface area contributed by atoms with Crippen molar-refractivity contribution < 1.29 is 19.0 Å². The van der Waals surface area contributed by atoms with Gasteiger partial charge >= 0.3 is 0 Å². The van der Waals surface area contributed by atoms with Crippen molar-refractivity contribution in [3.8, 4) is 11.5 Å². The number of ether oxygens (including phenoxy) is 2. The highest BCUT2D eigenvalue weighted by Gasteiger charge is 2.29. The molecule has 4 aromatic rings. The van der Waals surface area contributed by atoms with Crippen molar-refractivity contribution in [2.75, 3.05) is 26.8 Å². The van der Waals surface area contributed by atoms with E-state index in [-0.39, 0.29) is 6.61 Å². The molecule has 1 aliphatic rings. The average Bonchev–Trinajstić information content (AvgIpc) is 3.45. The first-order valence-corrected chi connectivity index (χ1v) is 12.0. The van der Waals surface area contributed by atoms with Gasteiger partial charge in [-0.15, -0.1) is 11.3 Å². The number of furan rings is 1. The molecule has 6 heteroatoms. The minimum Gasteiger partial charge on any atom is -0.497 e. The second-order valence-electron chi connectivity index (χ2n) is 8.67. The largest absolute Gasteiger partial charge is 0.497 e. The quantitative estimate of drug-likeness (QED) is 0.393. The normalized spacial score (nSPS) is 20.6. The summed E-state index contributed by atoms with van der Waals surface area (Å²) in [6, 6.07) is 16.7. The van der Waals surface area contributed by atoms with Crippen molar-refractivity contribution in [2.24, 2.45) is 0 Å². The molecule has 0 unspecified atom stereocenters. The fraction of sp³-hybridized carbons (Fsp3) is 0.385. The van der Waals surface area contributed by atoms with Gasteiger partial charge in [0.05, 0.1) is 18.8 Å². The number of likely N-dealkylation sites (tertiary alicyclic amines) is 1. The van der Waals surface area contributed by atoms with Crippen LogP contribution in [-0.2, 0) is 0 Å². The zero-order valence-corrected chi connectivity index (χ0v) is 19.3. The Kier molecular flexibility index (Phi) is 6.09. The van der Waals surface area contributed by atoms with Crippen LogP contribution < -0.4 is 9.47 Å². The van der Waals surface area contributed by atoms with Gasteiger partial charge in [0.25, 0.3) is 0 Å². The number of nitrogens with zero attached hydrogens (tertiary/aromatic N) is 1. The van der Waals surface area contributed by atoms with Gasteiger partial charge in [0.2, 0.25) is 0 Å². The zero-order valence-electron chi connectivity index (χ0n) is 18.5. The highest BCUT2D eigenvalue weighted by atomic mass is 32.1. The number of hydrogen-bond acceptors (Lipinski definition) is 6. The van der Waals surface area contributed by atoms with Gasteiger partial charge < -0.3 is 19.0 Å². The molecule has 3 heterocycles. The average molecular weight is 452 g/mol. The van der Waals surface area contributed by atoms with E-state index in [9.17, 15) is 5.11 Å². The number of aliphatic hydroxyl groups excluding tert-OH is 1. The van der Waals surface area contributed by atoms with Gasteiger partial charge in [0.15, 0.2) is 0 Å². The standard InChI is InChI=1S/C26H29NO4S/c1-17-12-19(25-13-18-6-7-21(29-2)14-26(18)32-25)8-10-27(17)15-20(28)16-31-24-5-3-4-23-22(24)9-11-30-23/h3-7,9,11,13-14,17,19-20,28H,8,10,12,15-16H2,1-2H3/t17-,19+,20-/m0/s1. The Hall–Kier alpha value is -2.54. The van der Waals surface area contributed by atoms with Crippen LogP contribution in [0.25, 0.3) is 21.1 Å². The molecule has 0 saturated carbocycles. The lowest BCUT2D eigenvalue weighted by molar-refractivity contribution is 0.0408. The number of aliphatic hydroxyl groups is 1. The minimum absolute atomic E-state index is 0.273. The first-order valence-electron chi connectivity index (χ1n) is 11.2. The third kappa shape index (κ3) is 4.35. The van der Waals surface area contributed by atoms with Crippen molar-refractivity contribution >= 4 is 32.4 Å². The van der Waals surface area contributed by atoms with Gasteiger partial charge in [0.1, 0.15) is 29.8 Å². The fourth-order valence-corrected chi connectivity index (χ4v) is 5.95. The van der Waals surface area contributed by atoms with E-state index >= 15 is 0 Å². The summed E-state index contributed by atoms with van der Waals surface area (Å²) in [6.45, 7) is 4.15. The summed E-state index contributed by atoms with van der Waals surface area (Å²) >= 11 is 1.88. The molecule has 0 spiro atoms. The van der Waals surface area contributed by atoms with Crippen LogP contribution in [-0.4, -0.2) is 49.0 Å². The van der Waals surface area contributed by atoms with E-state index < -0.39 is 6.10 Å². The summed E-state index contributed by atoms with van der Waals surface area (Å²) in [5.74, 6) is 2.23. The Bertz CT molecular complexity index is 1200. The molecule has 0 radical (unpaired) electrons. The van der Waals surface area contributed by atoms with Crippen LogP contribution in [0, 0.1) is 0 Å². The molecule has 2 aromatic heterocycles. The molecule has 0 bridgehead atoms.